The lowest BCUT2D eigenvalue weighted by molar-refractivity contribution is 0.385. The Morgan fingerprint density at radius 3 is 2.64 bits per heavy atom. The molecule has 6 rings (SSSR count). The van der Waals surface area contributed by atoms with Crippen LogP contribution in [0, 0.1) is 0 Å². The van der Waals surface area contributed by atoms with Crippen LogP contribution in [-0.4, -0.2) is 39.1 Å². The third-order valence-electron chi connectivity index (χ3n) is 7.31. The van der Waals surface area contributed by atoms with Crippen LogP contribution in [0.25, 0.3) is 22.3 Å². The van der Waals surface area contributed by atoms with Gasteiger partial charge in [0.1, 0.15) is 5.82 Å². The van der Waals surface area contributed by atoms with Crippen LogP contribution in [0.3, 0.4) is 0 Å². The number of nitrogens with zero attached hydrogens (tertiary/aromatic N) is 4. The van der Waals surface area contributed by atoms with Crippen LogP contribution < -0.4 is 16.0 Å². The first-order chi connectivity index (χ1) is 17.7. The highest BCUT2D eigenvalue weighted by Crippen LogP contribution is 2.43. The van der Waals surface area contributed by atoms with E-state index >= 15 is 0 Å². The number of aromatic nitrogens is 4. The second-order valence-corrected chi connectivity index (χ2v) is 10.0. The molecule has 1 saturated heterocycles. The average molecular weight is 480 g/mol. The lowest BCUT2D eigenvalue weighted by Crippen LogP contribution is -2.39. The first-order valence-corrected chi connectivity index (χ1v) is 13.1. The molecule has 0 unspecified atom stereocenters. The molecule has 0 radical (unpaired) electrons. The minimum Gasteiger partial charge on any atom is -0.364 e. The normalized spacial score (nSPS) is 17.2. The predicted octanol–water partition coefficient (Wildman–Crippen LogP) is 4.98. The van der Waals surface area contributed by atoms with E-state index < -0.39 is 0 Å². The molecule has 184 valence electrons. The molecule has 7 heteroatoms. The van der Waals surface area contributed by atoms with Gasteiger partial charge in [-0.3, -0.25) is 4.98 Å². The van der Waals surface area contributed by atoms with Crippen molar-refractivity contribution in [3.8, 4) is 11.4 Å². The molecule has 1 aliphatic heterocycles. The van der Waals surface area contributed by atoms with Crippen molar-refractivity contribution in [1.82, 2.24) is 30.6 Å². The second-order valence-electron chi connectivity index (χ2n) is 10.0. The van der Waals surface area contributed by atoms with Crippen LogP contribution in [0.5, 0.6) is 0 Å². The molecule has 4 aromatic rings. The number of piperidine rings is 1. The number of pyridine rings is 2. The fourth-order valence-corrected chi connectivity index (χ4v) is 5.11. The Hall–Kier alpha value is -3.42. The summed E-state index contributed by atoms with van der Waals surface area (Å²) in [5, 5.41) is 11.9. The summed E-state index contributed by atoms with van der Waals surface area (Å²) in [6.07, 6.45) is 10.5. The zero-order valence-corrected chi connectivity index (χ0v) is 20.7. The highest BCUT2D eigenvalue weighted by Gasteiger charge is 2.28. The van der Waals surface area contributed by atoms with E-state index in [0.29, 0.717) is 12.0 Å². The van der Waals surface area contributed by atoms with Gasteiger partial charge in [0.05, 0.1) is 17.4 Å². The first-order valence-electron chi connectivity index (χ1n) is 13.1. The molecule has 4 heterocycles. The Labute approximate surface area is 212 Å². The van der Waals surface area contributed by atoms with Crippen molar-refractivity contribution < 1.29 is 0 Å². The lowest BCUT2D eigenvalue weighted by Gasteiger charge is -2.24. The van der Waals surface area contributed by atoms with E-state index in [1.807, 2.05) is 36.8 Å². The maximum absolute atomic E-state index is 5.13. The van der Waals surface area contributed by atoms with Gasteiger partial charge in [-0.2, -0.15) is 0 Å². The van der Waals surface area contributed by atoms with E-state index in [0.717, 1.165) is 60.9 Å². The van der Waals surface area contributed by atoms with Gasteiger partial charge in [0.15, 0.2) is 5.82 Å². The van der Waals surface area contributed by atoms with Gasteiger partial charge in [0.2, 0.25) is 0 Å². The van der Waals surface area contributed by atoms with Crippen LogP contribution in [-0.2, 0) is 6.54 Å². The van der Waals surface area contributed by atoms with Crippen molar-refractivity contribution in [2.45, 2.75) is 57.2 Å². The Morgan fingerprint density at radius 1 is 1.00 bits per heavy atom. The van der Waals surface area contributed by atoms with E-state index in [1.54, 1.807) is 0 Å². The Kier molecular flexibility index (Phi) is 6.57. The van der Waals surface area contributed by atoms with Crippen LogP contribution >= 0.6 is 0 Å². The molecule has 0 amide bonds. The average Bonchev–Trinajstić information content (AvgIpc) is 3.78. The summed E-state index contributed by atoms with van der Waals surface area (Å²) < 4.78 is 0. The summed E-state index contributed by atoms with van der Waals surface area (Å²) in [7, 11) is 0. The van der Waals surface area contributed by atoms with E-state index in [4.69, 9.17) is 9.97 Å². The topological polar surface area (TPSA) is 87.7 Å². The second kappa shape index (κ2) is 10.3. The fraction of sp³-hybridized carbons (Fsp3) is 0.379. The smallest absolute Gasteiger partial charge is 0.160 e. The van der Waals surface area contributed by atoms with Gasteiger partial charge in [-0.1, -0.05) is 30.3 Å². The summed E-state index contributed by atoms with van der Waals surface area (Å²) >= 11 is 0. The molecule has 1 saturated carbocycles. The van der Waals surface area contributed by atoms with Gasteiger partial charge in [-0.15, -0.1) is 0 Å². The number of hydrogen-bond donors (Lipinski definition) is 3. The standard InChI is InChI=1S/C29H33N7/c1-19(20-5-3-2-4-6-20)34-27-15-22(9-14-32-27)29-35-25-17-31-16-24(21-7-8-21)28(25)26(36-29)18-33-23-10-12-30-13-11-23/h2-6,9,14-17,19,21,23,30,33H,7-8,10-13,18H2,1H3,(H,32,34)/t19-/m1/s1. The number of fused-ring (bicyclic) bond motifs is 1. The molecule has 0 spiro atoms. The number of hydrogen-bond acceptors (Lipinski definition) is 7. The molecular weight excluding hydrogens is 446 g/mol. The van der Waals surface area contributed by atoms with Crippen molar-refractivity contribution in [3.05, 3.63) is 77.9 Å². The van der Waals surface area contributed by atoms with Crippen LogP contribution in [0.15, 0.2) is 61.1 Å². The number of anilines is 1. The minimum absolute atomic E-state index is 0.140. The van der Waals surface area contributed by atoms with Crippen LogP contribution in [0.4, 0.5) is 5.82 Å². The Balaban J connectivity index is 1.33. The van der Waals surface area contributed by atoms with Gasteiger partial charge in [-0.25, -0.2) is 15.0 Å². The zero-order valence-electron chi connectivity index (χ0n) is 20.7. The largest absolute Gasteiger partial charge is 0.364 e. The highest BCUT2D eigenvalue weighted by atomic mass is 15.0. The van der Waals surface area contributed by atoms with Crippen LogP contribution in [0.1, 0.15) is 61.4 Å². The third kappa shape index (κ3) is 5.08. The maximum Gasteiger partial charge on any atom is 0.160 e. The molecule has 2 aliphatic rings. The third-order valence-corrected chi connectivity index (χ3v) is 7.31. The molecule has 1 aliphatic carbocycles. The maximum atomic E-state index is 5.13. The van der Waals surface area contributed by atoms with Gasteiger partial charge in [-0.05, 0) is 74.9 Å². The molecule has 1 aromatic carbocycles. The van der Waals surface area contributed by atoms with Crippen molar-refractivity contribution in [2.75, 3.05) is 18.4 Å². The summed E-state index contributed by atoms with van der Waals surface area (Å²) in [6, 6.07) is 15.1. The first kappa shape index (κ1) is 23.0. The van der Waals surface area contributed by atoms with Gasteiger partial charge in [0.25, 0.3) is 0 Å². The predicted molar refractivity (Wildman–Crippen MR) is 144 cm³/mol. The Morgan fingerprint density at radius 2 is 1.83 bits per heavy atom. The number of nitrogens with one attached hydrogen (secondary N) is 3. The quantitative estimate of drug-likeness (QED) is 0.329. The molecule has 0 bridgehead atoms. The van der Waals surface area contributed by atoms with E-state index in [9.17, 15) is 0 Å². The van der Waals surface area contributed by atoms with E-state index in [2.05, 4.69) is 57.1 Å². The fourth-order valence-electron chi connectivity index (χ4n) is 5.11. The van der Waals surface area contributed by atoms with Crippen molar-refractivity contribution >= 4 is 16.7 Å². The number of rotatable bonds is 8. The molecule has 1 atom stereocenters. The SMILES string of the molecule is C[C@@H](Nc1cc(-c2nc(CNC3CCNCC3)c3c(C4CC4)cncc3n2)ccn1)c1ccccc1. The number of benzene rings is 1. The molecule has 36 heavy (non-hydrogen) atoms. The lowest BCUT2D eigenvalue weighted by atomic mass is 10.0. The summed E-state index contributed by atoms with van der Waals surface area (Å²) in [6.45, 7) is 5.02. The highest BCUT2D eigenvalue weighted by molar-refractivity contribution is 5.86. The van der Waals surface area contributed by atoms with E-state index in [-0.39, 0.29) is 6.04 Å². The van der Waals surface area contributed by atoms with Crippen molar-refractivity contribution in [3.63, 3.8) is 0 Å². The molecular formula is C29H33N7. The molecule has 2 fully saturated rings. The van der Waals surface area contributed by atoms with E-state index in [1.165, 1.54) is 29.4 Å². The van der Waals surface area contributed by atoms with Gasteiger partial charge < -0.3 is 16.0 Å². The summed E-state index contributed by atoms with van der Waals surface area (Å²) in [5.41, 5.74) is 5.47. The van der Waals surface area contributed by atoms with Crippen molar-refractivity contribution in [1.29, 1.82) is 0 Å². The van der Waals surface area contributed by atoms with Gasteiger partial charge in [0, 0.05) is 42.0 Å². The monoisotopic (exact) mass is 479 g/mol. The molecule has 7 nitrogen and oxygen atoms in total. The summed E-state index contributed by atoms with van der Waals surface area (Å²) in [4.78, 5) is 19.2. The Bertz CT molecular complexity index is 1330. The van der Waals surface area contributed by atoms with Crippen molar-refractivity contribution in [2.24, 2.45) is 0 Å². The zero-order chi connectivity index (χ0) is 24.3. The van der Waals surface area contributed by atoms with Crippen LogP contribution in [0.2, 0.25) is 0 Å². The summed E-state index contributed by atoms with van der Waals surface area (Å²) in [5.74, 6) is 2.12. The molecule has 3 aromatic heterocycles. The minimum atomic E-state index is 0.140. The van der Waals surface area contributed by atoms with Gasteiger partial charge >= 0.3 is 0 Å². The molecule has 3 N–H and O–H groups in total.